The molecule has 2 aromatic carbocycles. The number of anilines is 1. The molecule has 2 aromatic rings. The fourth-order valence-corrected chi connectivity index (χ4v) is 3.29. The molecule has 0 bridgehead atoms. The van der Waals surface area contributed by atoms with E-state index in [2.05, 4.69) is 4.90 Å². The SMILES string of the molecule is COc1ccccc1N1CCN(C(=O)[C@@H](C)Oc2cccc(Cl)c2)CC1. The Morgan fingerprint density at radius 1 is 1.08 bits per heavy atom. The molecule has 26 heavy (non-hydrogen) atoms. The molecule has 0 spiro atoms. The van der Waals surface area contributed by atoms with E-state index in [1.165, 1.54) is 0 Å². The zero-order chi connectivity index (χ0) is 18.5. The van der Waals surface area contributed by atoms with Gasteiger partial charge >= 0.3 is 0 Å². The van der Waals surface area contributed by atoms with Crippen LogP contribution in [-0.2, 0) is 4.79 Å². The average molecular weight is 375 g/mol. The third kappa shape index (κ3) is 4.22. The van der Waals surface area contributed by atoms with E-state index >= 15 is 0 Å². The van der Waals surface area contributed by atoms with Gasteiger partial charge in [0.1, 0.15) is 11.5 Å². The Balaban J connectivity index is 1.58. The second-order valence-corrected chi connectivity index (χ2v) is 6.64. The molecule has 1 amide bonds. The molecule has 1 fully saturated rings. The van der Waals surface area contributed by atoms with Crippen LogP contribution in [0.2, 0.25) is 5.02 Å². The van der Waals surface area contributed by atoms with Crippen molar-refractivity contribution in [3.05, 3.63) is 53.6 Å². The summed E-state index contributed by atoms with van der Waals surface area (Å²) in [6.07, 6.45) is -0.550. The predicted molar refractivity (Wildman–Crippen MR) is 103 cm³/mol. The zero-order valence-corrected chi connectivity index (χ0v) is 15.8. The molecular formula is C20H23ClN2O3. The highest BCUT2D eigenvalue weighted by atomic mass is 35.5. The van der Waals surface area contributed by atoms with Crippen LogP contribution in [0.15, 0.2) is 48.5 Å². The van der Waals surface area contributed by atoms with E-state index in [0.717, 1.165) is 24.5 Å². The van der Waals surface area contributed by atoms with Gasteiger partial charge in [0.25, 0.3) is 5.91 Å². The lowest BCUT2D eigenvalue weighted by Crippen LogP contribution is -2.52. The van der Waals surface area contributed by atoms with Crippen LogP contribution in [0.4, 0.5) is 5.69 Å². The number of nitrogens with zero attached hydrogens (tertiary/aromatic N) is 2. The maximum absolute atomic E-state index is 12.7. The fourth-order valence-electron chi connectivity index (χ4n) is 3.11. The van der Waals surface area contributed by atoms with E-state index < -0.39 is 6.10 Å². The molecule has 0 aromatic heterocycles. The summed E-state index contributed by atoms with van der Waals surface area (Å²) in [6.45, 7) is 4.60. The highest BCUT2D eigenvalue weighted by Crippen LogP contribution is 2.28. The highest BCUT2D eigenvalue weighted by molar-refractivity contribution is 6.30. The van der Waals surface area contributed by atoms with Gasteiger partial charge < -0.3 is 19.3 Å². The molecule has 6 heteroatoms. The van der Waals surface area contributed by atoms with E-state index in [1.54, 1.807) is 38.3 Å². The van der Waals surface area contributed by atoms with Crippen LogP contribution in [0, 0.1) is 0 Å². The highest BCUT2D eigenvalue weighted by Gasteiger charge is 2.27. The van der Waals surface area contributed by atoms with E-state index in [9.17, 15) is 4.79 Å². The maximum Gasteiger partial charge on any atom is 0.263 e. The van der Waals surface area contributed by atoms with Gasteiger partial charge in [0, 0.05) is 31.2 Å². The van der Waals surface area contributed by atoms with Gasteiger partial charge in [-0.15, -0.1) is 0 Å². The minimum Gasteiger partial charge on any atom is -0.495 e. The van der Waals surface area contributed by atoms with Crippen molar-refractivity contribution in [1.82, 2.24) is 4.90 Å². The summed E-state index contributed by atoms with van der Waals surface area (Å²) in [5.74, 6) is 1.44. The van der Waals surface area contributed by atoms with Crippen LogP contribution < -0.4 is 14.4 Å². The van der Waals surface area contributed by atoms with Crippen molar-refractivity contribution in [2.24, 2.45) is 0 Å². The normalized spacial score (nSPS) is 15.5. The van der Waals surface area contributed by atoms with Gasteiger partial charge in [-0.2, -0.15) is 0 Å². The number of amides is 1. The number of methoxy groups -OCH3 is 1. The maximum atomic E-state index is 12.7. The fraction of sp³-hybridized carbons (Fsp3) is 0.350. The Morgan fingerprint density at radius 2 is 1.81 bits per heavy atom. The van der Waals surface area contributed by atoms with Gasteiger partial charge in [0.05, 0.1) is 12.8 Å². The molecule has 0 radical (unpaired) electrons. The van der Waals surface area contributed by atoms with E-state index in [0.29, 0.717) is 23.9 Å². The number of carbonyl (C=O) groups excluding carboxylic acids is 1. The quantitative estimate of drug-likeness (QED) is 0.803. The molecule has 1 atom stereocenters. The molecule has 0 unspecified atom stereocenters. The minimum atomic E-state index is -0.550. The molecule has 1 saturated heterocycles. The van der Waals surface area contributed by atoms with Crippen LogP contribution in [-0.4, -0.2) is 50.2 Å². The van der Waals surface area contributed by atoms with E-state index in [4.69, 9.17) is 21.1 Å². The lowest BCUT2D eigenvalue weighted by Gasteiger charge is -2.37. The first kappa shape index (κ1) is 18.4. The number of hydrogen-bond acceptors (Lipinski definition) is 4. The standard InChI is InChI=1S/C20H23ClN2O3/c1-15(26-17-7-5-6-16(21)14-17)20(24)23-12-10-22(11-13-23)18-8-3-4-9-19(18)25-2/h3-9,14-15H,10-13H2,1-2H3/t15-/m1/s1. The second-order valence-electron chi connectivity index (χ2n) is 6.20. The smallest absolute Gasteiger partial charge is 0.263 e. The van der Waals surface area contributed by atoms with Crippen LogP contribution in [0.3, 0.4) is 0 Å². The molecule has 138 valence electrons. The van der Waals surface area contributed by atoms with Crippen LogP contribution in [0.5, 0.6) is 11.5 Å². The van der Waals surface area contributed by atoms with Crippen LogP contribution >= 0.6 is 11.6 Å². The van der Waals surface area contributed by atoms with Crippen molar-refractivity contribution in [3.8, 4) is 11.5 Å². The number of halogens is 1. The molecule has 5 nitrogen and oxygen atoms in total. The molecule has 0 saturated carbocycles. The summed E-state index contributed by atoms with van der Waals surface area (Å²) < 4.78 is 11.2. The molecule has 0 N–H and O–H groups in total. The zero-order valence-electron chi connectivity index (χ0n) is 15.0. The largest absolute Gasteiger partial charge is 0.495 e. The van der Waals surface area contributed by atoms with Crippen molar-refractivity contribution in [1.29, 1.82) is 0 Å². The average Bonchev–Trinajstić information content (AvgIpc) is 2.67. The third-order valence-electron chi connectivity index (χ3n) is 4.47. The second kappa shape index (κ2) is 8.32. The van der Waals surface area contributed by atoms with Gasteiger partial charge in [-0.05, 0) is 37.3 Å². The minimum absolute atomic E-state index is 0.00958. The lowest BCUT2D eigenvalue weighted by atomic mass is 10.2. The Morgan fingerprint density at radius 3 is 2.50 bits per heavy atom. The number of hydrogen-bond donors (Lipinski definition) is 0. The Bertz CT molecular complexity index is 760. The first-order chi connectivity index (χ1) is 12.6. The number of para-hydroxylation sites is 2. The number of ether oxygens (including phenoxy) is 2. The number of piperazine rings is 1. The van der Waals surface area contributed by atoms with Crippen LogP contribution in [0.1, 0.15) is 6.92 Å². The van der Waals surface area contributed by atoms with Gasteiger partial charge in [-0.1, -0.05) is 29.8 Å². The van der Waals surface area contributed by atoms with Crippen LogP contribution in [0.25, 0.3) is 0 Å². The lowest BCUT2D eigenvalue weighted by molar-refractivity contribution is -0.138. The molecule has 1 aliphatic heterocycles. The van der Waals surface area contributed by atoms with E-state index in [1.807, 2.05) is 29.2 Å². The molecule has 0 aliphatic carbocycles. The van der Waals surface area contributed by atoms with Crippen molar-refractivity contribution in [3.63, 3.8) is 0 Å². The van der Waals surface area contributed by atoms with Gasteiger partial charge in [-0.25, -0.2) is 0 Å². The van der Waals surface area contributed by atoms with Crippen molar-refractivity contribution < 1.29 is 14.3 Å². The summed E-state index contributed by atoms with van der Waals surface area (Å²) in [5, 5.41) is 0.590. The van der Waals surface area contributed by atoms with Gasteiger partial charge in [0.2, 0.25) is 0 Å². The summed E-state index contributed by atoms with van der Waals surface area (Å²) in [6, 6.07) is 15.0. The number of benzene rings is 2. The number of rotatable bonds is 5. The first-order valence-corrected chi connectivity index (χ1v) is 9.05. The topological polar surface area (TPSA) is 42.0 Å². The number of carbonyl (C=O) groups is 1. The van der Waals surface area contributed by atoms with Crippen molar-refractivity contribution in [2.75, 3.05) is 38.2 Å². The molecular weight excluding hydrogens is 352 g/mol. The summed E-state index contributed by atoms with van der Waals surface area (Å²) in [4.78, 5) is 16.8. The molecule has 1 aliphatic rings. The summed E-state index contributed by atoms with van der Waals surface area (Å²) >= 11 is 5.96. The van der Waals surface area contributed by atoms with Gasteiger partial charge in [0.15, 0.2) is 6.10 Å². The monoisotopic (exact) mass is 374 g/mol. The van der Waals surface area contributed by atoms with E-state index in [-0.39, 0.29) is 5.91 Å². The van der Waals surface area contributed by atoms with Crippen molar-refractivity contribution >= 4 is 23.2 Å². The Hall–Kier alpha value is -2.40. The third-order valence-corrected chi connectivity index (χ3v) is 4.71. The Labute approximate surface area is 159 Å². The molecule has 3 rings (SSSR count). The summed E-state index contributed by atoms with van der Waals surface area (Å²) in [7, 11) is 1.67. The van der Waals surface area contributed by atoms with Crippen molar-refractivity contribution in [2.45, 2.75) is 13.0 Å². The first-order valence-electron chi connectivity index (χ1n) is 8.67. The van der Waals surface area contributed by atoms with Gasteiger partial charge in [-0.3, -0.25) is 4.79 Å². The summed E-state index contributed by atoms with van der Waals surface area (Å²) in [5.41, 5.74) is 1.06. The molecule has 1 heterocycles. The predicted octanol–water partition coefficient (Wildman–Crippen LogP) is 3.46. The Kier molecular flexibility index (Phi) is 5.89.